The van der Waals surface area contributed by atoms with Gasteiger partial charge in [-0.2, -0.15) is 5.26 Å². The van der Waals surface area contributed by atoms with Crippen molar-refractivity contribution in [3.63, 3.8) is 0 Å². The Kier molecular flexibility index (Phi) is 7.71. The van der Waals surface area contributed by atoms with Gasteiger partial charge in [-0.3, -0.25) is 19.7 Å². The van der Waals surface area contributed by atoms with E-state index in [0.29, 0.717) is 17.0 Å². The summed E-state index contributed by atoms with van der Waals surface area (Å²) in [5.41, 5.74) is 2.11. The van der Waals surface area contributed by atoms with Crippen LogP contribution >= 0.6 is 0 Å². The Morgan fingerprint density at radius 2 is 1.71 bits per heavy atom. The van der Waals surface area contributed by atoms with Crippen LogP contribution in [0.3, 0.4) is 0 Å². The molecule has 0 aliphatic carbocycles. The number of non-ortho nitro benzene ring substituents is 1. The molecule has 3 aromatic carbocycles. The van der Waals surface area contributed by atoms with Crippen molar-refractivity contribution in [3.8, 4) is 11.8 Å². The van der Waals surface area contributed by atoms with E-state index in [1.54, 1.807) is 30.3 Å². The fourth-order valence-electron chi connectivity index (χ4n) is 2.94. The van der Waals surface area contributed by atoms with Crippen LogP contribution in [0.1, 0.15) is 11.1 Å². The number of hydrogen-bond donors (Lipinski definition) is 2. The summed E-state index contributed by atoms with van der Waals surface area (Å²) in [6, 6.07) is 21.1. The Morgan fingerprint density at radius 3 is 2.35 bits per heavy atom. The van der Waals surface area contributed by atoms with Crippen molar-refractivity contribution >= 4 is 35.0 Å². The van der Waals surface area contributed by atoms with E-state index in [9.17, 15) is 25.0 Å². The molecule has 2 N–H and O–H groups in total. The molecule has 170 valence electrons. The number of nitrogens with zero attached hydrogens (tertiary/aromatic N) is 2. The van der Waals surface area contributed by atoms with Gasteiger partial charge in [0.1, 0.15) is 17.4 Å². The molecule has 2 amide bonds. The molecule has 0 saturated heterocycles. The van der Waals surface area contributed by atoms with Crippen molar-refractivity contribution in [2.75, 3.05) is 17.2 Å². The summed E-state index contributed by atoms with van der Waals surface area (Å²) in [6.45, 7) is 1.75. The van der Waals surface area contributed by atoms with Gasteiger partial charge in [-0.15, -0.1) is 0 Å². The van der Waals surface area contributed by atoms with Gasteiger partial charge in [-0.1, -0.05) is 30.3 Å². The minimum atomic E-state index is -0.698. The standard InChI is InChI=1S/C25H20N4O5/c1-17-4-2-5-20(12-17)27-24(30)16-34-23-10-8-18(9-11-23)13-19(15-26)25(31)28-21-6-3-7-22(14-21)29(32)33/h2-14H,16H2,1H3,(H,27,30)(H,28,31)/b19-13+. The average Bonchev–Trinajstić information content (AvgIpc) is 2.82. The Hall–Kier alpha value is -4.97. The van der Waals surface area contributed by atoms with Crippen molar-refractivity contribution in [2.24, 2.45) is 0 Å². The fourth-order valence-corrected chi connectivity index (χ4v) is 2.94. The Balaban J connectivity index is 1.59. The second-order valence-electron chi connectivity index (χ2n) is 7.21. The highest BCUT2D eigenvalue weighted by atomic mass is 16.6. The zero-order valence-corrected chi connectivity index (χ0v) is 18.1. The molecule has 0 aromatic heterocycles. The predicted octanol–water partition coefficient (Wildman–Crippen LogP) is 4.47. The van der Waals surface area contributed by atoms with Gasteiger partial charge in [0.2, 0.25) is 0 Å². The van der Waals surface area contributed by atoms with E-state index < -0.39 is 10.8 Å². The highest BCUT2D eigenvalue weighted by Crippen LogP contribution is 2.19. The molecule has 3 rings (SSSR count). The van der Waals surface area contributed by atoms with E-state index in [1.807, 2.05) is 31.2 Å². The number of anilines is 2. The zero-order chi connectivity index (χ0) is 24.5. The number of benzene rings is 3. The van der Waals surface area contributed by atoms with Gasteiger partial charge in [-0.25, -0.2) is 0 Å². The Labute approximate surface area is 195 Å². The lowest BCUT2D eigenvalue weighted by molar-refractivity contribution is -0.384. The maximum Gasteiger partial charge on any atom is 0.271 e. The third-order valence-electron chi connectivity index (χ3n) is 4.54. The van der Waals surface area contributed by atoms with E-state index in [1.165, 1.54) is 30.3 Å². The van der Waals surface area contributed by atoms with Crippen LogP contribution in [0, 0.1) is 28.4 Å². The molecule has 0 atom stereocenters. The first-order chi connectivity index (χ1) is 16.3. The summed E-state index contributed by atoms with van der Waals surface area (Å²) in [4.78, 5) is 34.8. The highest BCUT2D eigenvalue weighted by molar-refractivity contribution is 6.09. The smallest absolute Gasteiger partial charge is 0.271 e. The van der Waals surface area contributed by atoms with E-state index in [-0.39, 0.29) is 29.5 Å². The molecule has 0 fully saturated rings. The number of carbonyl (C=O) groups is 2. The van der Waals surface area contributed by atoms with Crippen molar-refractivity contribution in [1.82, 2.24) is 0 Å². The van der Waals surface area contributed by atoms with E-state index in [4.69, 9.17) is 4.74 Å². The number of nitriles is 1. The van der Waals surface area contributed by atoms with Crippen molar-refractivity contribution in [3.05, 3.63) is 99.6 Å². The third-order valence-corrected chi connectivity index (χ3v) is 4.54. The van der Waals surface area contributed by atoms with Crippen LogP contribution in [0.2, 0.25) is 0 Å². The molecule has 34 heavy (non-hydrogen) atoms. The summed E-state index contributed by atoms with van der Waals surface area (Å²) in [5, 5.41) is 25.5. The topological polar surface area (TPSA) is 134 Å². The second kappa shape index (κ2) is 11.1. The monoisotopic (exact) mass is 456 g/mol. The number of nitro groups is 1. The van der Waals surface area contributed by atoms with Crippen LogP contribution in [0.15, 0.2) is 78.4 Å². The van der Waals surface area contributed by atoms with Gasteiger partial charge in [-0.05, 0) is 54.5 Å². The van der Waals surface area contributed by atoms with Crippen molar-refractivity contribution in [1.29, 1.82) is 5.26 Å². The molecule has 0 aliphatic rings. The molecule has 0 saturated carbocycles. The van der Waals surface area contributed by atoms with Crippen LogP contribution in [-0.4, -0.2) is 23.3 Å². The first-order valence-corrected chi connectivity index (χ1v) is 10.1. The first kappa shape index (κ1) is 23.7. The normalized spacial score (nSPS) is 10.6. The molecule has 0 unspecified atom stereocenters. The molecule has 0 aliphatic heterocycles. The van der Waals surface area contributed by atoms with Gasteiger partial charge in [0.25, 0.3) is 17.5 Å². The minimum absolute atomic E-state index is 0.177. The highest BCUT2D eigenvalue weighted by Gasteiger charge is 2.12. The first-order valence-electron chi connectivity index (χ1n) is 10.1. The fraction of sp³-hybridized carbons (Fsp3) is 0.0800. The SMILES string of the molecule is Cc1cccc(NC(=O)COc2ccc(/C=C(\C#N)C(=O)Nc3cccc([N+](=O)[O-])c3)cc2)c1. The van der Waals surface area contributed by atoms with E-state index in [2.05, 4.69) is 10.6 Å². The summed E-state index contributed by atoms with van der Waals surface area (Å²) in [5.74, 6) is -0.564. The summed E-state index contributed by atoms with van der Waals surface area (Å²) >= 11 is 0. The minimum Gasteiger partial charge on any atom is -0.484 e. The molecule has 0 heterocycles. The van der Waals surface area contributed by atoms with Crippen LogP contribution in [0.5, 0.6) is 5.75 Å². The van der Waals surface area contributed by atoms with Crippen molar-refractivity contribution < 1.29 is 19.2 Å². The van der Waals surface area contributed by atoms with Crippen LogP contribution in [0.4, 0.5) is 17.1 Å². The lowest BCUT2D eigenvalue weighted by Crippen LogP contribution is -2.20. The van der Waals surface area contributed by atoms with Gasteiger partial charge in [0.15, 0.2) is 6.61 Å². The van der Waals surface area contributed by atoms with Gasteiger partial charge in [0, 0.05) is 23.5 Å². The summed E-state index contributed by atoms with van der Waals surface area (Å²) < 4.78 is 5.48. The zero-order valence-electron chi connectivity index (χ0n) is 18.1. The number of aryl methyl sites for hydroxylation is 1. The quantitative estimate of drug-likeness (QED) is 0.222. The number of rotatable bonds is 8. The van der Waals surface area contributed by atoms with Gasteiger partial charge in [0.05, 0.1) is 4.92 Å². The lowest BCUT2D eigenvalue weighted by Gasteiger charge is -2.08. The Morgan fingerprint density at radius 1 is 1.03 bits per heavy atom. The largest absolute Gasteiger partial charge is 0.484 e. The molecule has 0 radical (unpaired) electrons. The maximum absolute atomic E-state index is 12.4. The summed E-state index contributed by atoms with van der Waals surface area (Å²) in [6.07, 6.45) is 1.38. The summed E-state index contributed by atoms with van der Waals surface area (Å²) in [7, 11) is 0. The molecule has 0 bridgehead atoms. The number of amides is 2. The molecule has 3 aromatic rings. The molecule has 9 nitrogen and oxygen atoms in total. The number of hydrogen-bond acceptors (Lipinski definition) is 6. The average molecular weight is 456 g/mol. The van der Waals surface area contributed by atoms with Crippen LogP contribution in [-0.2, 0) is 9.59 Å². The van der Waals surface area contributed by atoms with Crippen LogP contribution < -0.4 is 15.4 Å². The maximum atomic E-state index is 12.4. The molecular formula is C25H20N4O5. The third kappa shape index (κ3) is 6.77. The van der Waals surface area contributed by atoms with E-state index in [0.717, 1.165) is 5.56 Å². The molecule has 0 spiro atoms. The number of ether oxygens (including phenoxy) is 1. The predicted molar refractivity (Wildman–Crippen MR) is 127 cm³/mol. The number of carbonyl (C=O) groups excluding carboxylic acids is 2. The van der Waals surface area contributed by atoms with Gasteiger partial charge < -0.3 is 15.4 Å². The van der Waals surface area contributed by atoms with Crippen LogP contribution in [0.25, 0.3) is 6.08 Å². The second-order valence-corrected chi connectivity index (χ2v) is 7.21. The Bertz CT molecular complexity index is 1290. The lowest BCUT2D eigenvalue weighted by atomic mass is 10.1. The van der Waals surface area contributed by atoms with Crippen molar-refractivity contribution in [2.45, 2.75) is 6.92 Å². The molecular weight excluding hydrogens is 436 g/mol. The van der Waals surface area contributed by atoms with Gasteiger partial charge >= 0.3 is 0 Å². The number of nitrogens with one attached hydrogen (secondary N) is 2. The number of nitro benzene ring substituents is 1. The molecule has 9 heteroatoms. The van der Waals surface area contributed by atoms with E-state index >= 15 is 0 Å².